The summed E-state index contributed by atoms with van der Waals surface area (Å²) in [7, 11) is 0. The highest BCUT2D eigenvalue weighted by molar-refractivity contribution is 9.10. The van der Waals surface area contributed by atoms with Crippen LogP contribution in [0.5, 0.6) is 0 Å². The van der Waals surface area contributed by atoms with Gasteiger partial charge in [-0.1, -0.05) is 0 Å². The molecule has 0 aliphatic rings. The molecule has 0 unspecified atom stereocenters. The first-order valence-electron chi connectivity index (χ1n) is 3.64. The molecule has 74 valence electrons. The van der Waals surface area contributed by atoms with Gasteiger partial charge >= 0.3 is 6.03 Å². The summed E-state index contributed by atoms with van der Waals surface area (Å²) in [6.45, 7) is 0. The van der Waals surface area contributed by atoms with E-state index in [1.54, 1.807) is 6.07 Å². The summed E-state index contributed by atoms with van der Waals surface area (Å²) in [5, 5.41) is 15.8. The van der Waals surface area contributed by atoms with Gasteiger partial charge in [0.1, 0.15) is 18.7 Å². The van der Waals surface area contributed by atoms with Gasteiger partial charge in [0.25, 0.3) is 5.82 Å². The second kappa shape index (κ2) is 3.58. The van der Waals surface area contributed by atoms with Crippen molar-refractivity contribution < 1.29 is 4.79 Å². The molecule has 0 atom stereocenters. The van der Waals surface area contributed by atoms with Crippen molar-refractivity contribution in [3.05, 3.63) is 23.2 Å². The lowest BCUT2D eigenvalue weighted by Gasteiger charge is -1.97. The van der Waals surface area contributed by atoms with Crippen molar-refractivity contribution in [3.8, 4) is 6.07 Å². The number of aromatic nitrogens is 6. The van der Waals surface area contributed by atoms with Crippen LogP contribution in [0.3, 0.4) is 0 Å². The molecule has 0 aliphatic heterocycles. The molecule has 9 heteroatoms. The third-order valence-electron chi connectivity index (χ3n) is 1.46. The Hall–Kier alpha value is -2.08. The van der Waals surface area contributed by atoms with Crippen molar-refractivity contribution in [2.24, 2.45) is 0 Å². The fourth-order valence-electron chi connectivity index (χ4n) is 0.866. The first-order chi connectivity index (χ1) is 7.22. The third kappa shape index (κ3) is 1.62. The molecule has 0 fully saturated rings. The Morgan fingerprint density at radius 2 is 2.40 bits per heavy atom. The number of hydrogen-bond donors (Lipinski definition) is 0. The van der Waals surface area contributed by atoms with E-state index in [0.717, 1.165) is 9.36 Å². The maximum Gasteiger partial charge on any atom is 0.373 e. The molecular weight excluding hydrogens is 266 g/mol. The van der Waals surface area contributed by atoms with E-state index in [9.17, 15) is 4.79 Å². The minimum absolute atomic E-state index is 0.102. The Morgan fingerprint density at radius 1 is 1.60 bits per heavy atom. The smallest absolute Gasteiger partial charge is 0.243 e. The summed E-state index contributed by atoms with van der Waals surface area (Å²) in [6, 6.07) is 1.14. The van der Waals surface area contributed by atoms with Crippen molar-refractivity contribution in [2.45, 2.75) is 0 Å². The first-order valence-corrected chi connectivity index (χ1v) is 4.43. The largest absolute Gasteiger partial charge is 0.373 e. The number of nitriles is 1. The number of carbonyl (C=O) groups excluding carboxylic acids is 1. The van der Waals surface area contributed by atoms with Crippen molar-refractivity contribution in [1.29, 1.82) is 5.26 Å². The molecule has 0 aromatic carbocycles. The van der Waals surface area contributed by atoms with Gasteiger partial charge in [-0.15, -0.1) is 5.10 Å². The molecule has 0 radical (unpaired) electrons. The lowest BCUT2D eigenvalue weighted by molar-refractivity contribution is 0.237. The topological polar surface area (TPSA) is 102 Å². The van der Waals surface area contributed by atoms with E-state index in [-0.39, 0.29) is 10.6 Å². The fourth-order valence-corrected chi connectivity index (χ4v) is 1.27. The highest BCUT2D eigenvalue weighted by Crippen LogP contribution is 2.06. The molecule has 2 aromatic heterocycles. The van der Waals surface area contributed by atoms with Gasteiger partial charge in [-0.05, 0) is 15.9 Å². The van der Waals surface area contributed by atoms with Crippen LogP contribution >= 0.6 is 15.9 Å². The van der Waals surface area contributed by atoms with Crippen LogP contribution in [0.4, 0.5) is 4.79 Å². The van der Waals surface area contributed by atoms with Crippen molar-refractivity contribution in [3.63, 3.8) is 0 Å². The molecule has 2 aromatic rings. The SMILES string of the molecule is N#Cc1nc(Br)n(C(=O)n2cncn2)n1. The average molecular weight is 268 g/mol. The number of halogens is 1. The van der Waals surface area contributed by atoms with Crippen molar-refractivity contribution >= 4 is 22.0 Å². The Bertz CT molecular complexity index is 536. The Balaban J connectivity index is 2.43. The minimum atomic E-state index is -0.576. The van der Waals surface area contributed by atoms with E-state index in [2.05, 4.69) is 36.1 Å². The molecule has 0 amide bonds. The predicted octanol–water partition coefficient (Wildman–Crippen LogP) is 0.0202. The second-order valence-corrected chi connectivity index (χ2v) is 3.06. The molecule has 8 nitrogen and oxygen atoms in total. The van der Waals surface area contributed by atoms with Crippen LogP contribution in [-0.4, -0.2) is 35.6 Å². The molecule has 0 spiro atoms. The molecule has 0 saturated heterocycles. The molecule has 0 saturated carbocycles. The third-order valence-corrected chi connectivity index (χ3v) is 1.98. The van der Waals surface area contributed by atoms with Gasteiger partial charge in [-0.3, -0.25) is 0 Å². The Morgan fingerprint density at radius 3 is 2.93 bits per heavy atom. The second-order valence-electron chi connectivity index (χ2n) is 2.35. The van der Waals surface area contributed by atoms with Gasteiger partial charge in [0.05, 0.1) is 0 Å². The van der Waals surface area contributed by atoms with Crippen LogP contribution in [0, 0.1) is 11.3 Å². The molecule has 0 bridgehead atoms. The lowest BCUT2D eigenvalue weighted by Crippen LogP contribution is -2.21. The van der Waals surface area contributed by atoms with Gasteiger partial charge in [0.2, 0.25) is 4.73 Å². The fraction of sp³-hybridized carbons (Fsp3) is 0. The van der Waals surface area contributed by atoms with Crippen LogP contribution in [0.2, 0.25) is 0 Å². The zero-order chi connectivity index (χ0) is 10.8. The lowest BCUT2D eigenvalue weighted by atomic mass is 10.7. The van der Waals surface area contributed by atoms with Gasteiger partial charge in [0.15, 0.2) is 0 Å². The van der Waals surface area contributed by atoms with Crippen LogP contribution in [0.1, 0.15) is 5.82 Å². The van der Waals surface area contributed by atoms with E-state index in [1.165, 1.54) is 12.7 Å². The molecule has 0 aliphatic carbocycles. The van der Waals surface area contributed by atoms with Gasteiger partial charge in [-0.2, -0.15) is 24.7 Å². The van der Waals surface area contributed by atoms with E-state index >= 15 is 0 Å². The van der Waals surface area contributed by atoms with E-state index in [0.29, 0.717) is 0 Å². The van der Waals surface area contributed by atoms with Crippen LogP contribution in [-0.2, 0) is 0 Å². The summed E-state index contributed by atoms with van der Waals surface area (Å²) >= 11 is 3.00. The predicted molar refractivity (Wildman–Crippen MR) is 48.7 cm³/mol. The van der Waals surface area contributed by atoms with Crippen LogP contribution in [0.25, 0.3) is 0 Å². The number of hydrogen-bond acceptors (Lipinski definition) is 6. The van der Waals surface area contributed by atoms with E-state index in [4.69, 9.17) is 5.26 Å². The maximum atomic E-state index is 11.6. The molecule has 0 N–H and O–H groups in total. The molecule has 15 heavy (non-hydrogen) atoms. The van der Waals surface area contributed by atoms with Gasteiger partial charge in [0, 0.05) is 0 Å². The zero-order valence-electron chi connectivity index (χ0n) is 7.07. The zero-order valence-corrected chi connectivity index (χ0v) is 8.66. The number of carbonyl (C=O) groups is 1. The normalized spacial score (nSPS) is 9.87. The Kier molecular flexibility index (Phi) is 2.26. The first kappa shape index (κ1) is 9.47. The molecular formula is C6H2BrN7O. The minimum Gasteiger partial charge on any atom is -0.243 e. The summed E-state index contributed by atoms with van der Waals surface area (Å²) in [5.74, 6) is -0.102. The highest BCUT2D eigenvalue weighted by atomic mass is 79.9. The van der Waals surface area contributed by atoms with E-state index in [1.807, 2.05) is 0 Å². The van der Waals surface area contributed by atoms with Crippen LogP contribution < -0.4 is 0 Å². The van der Waals surface area contributed by atoms with Gasteiger partial charge < -0.3 is 0 Å². The maximum absolute atomic E-state index is 11.6. The van der Waals surface area contributed by atoms with Crippen molar-refractivity contribution in [2.75, 3.05) is 0 Å². The standard InChI is InChI=1S/C6H2BrN7O/c7-5-11-4(1-8)12-14(5)6(15)13-3-9-2-10-13/h2-3H. The summed E-state index contributed by atoms with van der Waals surface area (Å²) in [5.41, 5.74) is 0. The van der Waals surface area contributed by atoms with Crippen LogP contribution in [0.15, 0.2) is 17.4 Å². The quantitative estimate of drug-likeness (QED) is 0.667. The highest BCUT2D eigenvalue weighted by Gasteiger charge is 2.15. The summed E-state index contributed by atoms with van der Waals surface area (Å²) < 4.78 is 2.02. The molecule has 2 rings (SSSR count). The monoisotopic (exact) mass is 267 g/mol. The van der Waals surface area contributed by atoms with Gasteiger partial charge in [-0.25, -0.2) is 9.78 Å². The van der Waals surface area contributed by atoms with E-state index < -0.39 is 6.03 Å². The summed E-state index contributed by atoms with van der Waals surface area (Å²) in [4.78, 5) is 18.9. The molecule has 2 heterocycles. The Labute approximate surface area is 91.3 Å². The number of rotatable bonds is 0. The van der Waals surface area contributed by atoms with Crippen molar-refractivity contribution in [1.82, 2.24) is 29.5 Å². The average Bonchev–Trinajstić information content (AvgIpc) is 2.85. The number of nitrogens with zero attached hydrogens (tertiary/aromatic N) is 7. The summed E-state index contributed by atoms with van der Waals surface area (Å²) in [6.07, 6.45) is 2.44.